The third-order valence-electron chi connectivity index (χ3n) is 2.82. The molecule has 1 atom stereocenters. The number of tetrazole rings is 1. The number of aromatic nitrogens is 4. The van der Waals surface area contributed by atoms with Gasteiger partial charge in [-0.3, -0.25) is 9.59 Å². The Morgan fingerprint density at radius 2 is 2.23 bits per heavy atom. The molecule has 0 aliphatic carbocycles. The van der Waals surface area contributed by atoms with Gasteiger partial charge >= 0.3 is 5.97 Å². The Bertz CT molecular complexity index is 674. The van der Waals surface area contributed by atoms with Gasteiger partial charge in [0.05, 0.1) is 0 Å². The minimum Gasteiger partial charge on any atom is -0.451 e. The number of amides is 1. The summed E-state index contributed by atoms with van der Waals surface area (Å²) in [5.41, 5.74) is 1.42. The molecular formula is C13H14ClN5O3. The summed E-state index contributed by atoms with van der Waals surface area (Å²) in [5.74, 6) is -1.06. The SMILES string of the molecule is Cc1ccc(Cl)cc1NC(=O)[C@H](C)OC(=O)Cn1cnnn1. The van der Waals surface area contributed by atoms with E-state index in [0.29, 0.717) is 10.7 Å². The highest BCUT2D eigenvalue weighted by atomic mass is 35.5. The number of halogens is 1. The van der Waals surface area contributed by atoms with Crippen molar-refractivity contribution in [1.29, 1.82) is 0 Å². The maximum Gasteiger partial charge on any atom is 0.328 e. The number of anilines is 1. The van der Waals surface area contributed by atoms with Crippen molar-refractivity contribution in [2.75, 3.05) is 5.32 Å². The van der Waals surface area contributed by atoms with Crippen LogP contribution in [0, 0.1) is 6.92 Å². The summed E-state index contributed by atoms with van der Waals surface area (Å²) < 4.78 is 6.23. The zero-order valence-corrected chi connectivity index (χ0v) is 12.7. The topological polar surface area (TPSA) is 99.0 Å². The van der Waals surface area contributed by atoms with E-state index in [1.807, 2.05) is 6.92 Å². The van der Waals surface area contributed by atoms with Gasteiger partial charge in [-0.1, -0.05) is 17.7 Å². The molecule has 1 aromatic heterocycles. The van der Waals surface area contributed by atoms with Crippen molar-refractivity contribution < 1.29 is 14.3 Å². The van der Waals surface area contributed by atoms with E-state index in [4.69, 9.17) is 16.3 Å². The Labute approximate surface area is 131 Å². The first kappa shape index (κ1) is 15.9. The number of hydrogen-bond acceptors (Lipinski definition) is 6. The molecular weight excluding hydrogens is 310 g/mol. The van der Waals surface area contributed by atoms with Crippen LogP contribution in [0.15, 0.2) is 24.5 Å². The molecule has 0 bridgehead atoms. The molecule has 9 heteroatoms. The molecule has 0 fully saturated rings. The summed E-state index contributed by atoms with van der Waals surface area (Å²) in [6, 6.07) is 5.14. The van der Waals surface area contributed by atoms with Crippen molar-refractivity contribution in [3.63, 3.8) is 0 Å². The normalized spacial score (nSPS) is 11.8. The number of benzene rings is 1. The Morgan fingerprint density at radius 1 is 1.45 bits per heavy atom. The van der Waals surface area contributed by atoms with Gasteiger partial charge in [0.15, 0.2) is 6.10 Å². The van der Waals surface area contributed by atoms with Crippen molar-refractivity contribution >= 4 is 29.2 Å². The summed E-state index contributed by atoms with van der Waals surface area (Å²) in [6.45, 7) is 3.15. The molecule has 0 aliphatic heterocycles. The third kappa shape index (κ3) is 4.26. The maximum atomic E-state index is 12.0. The van der Waals surface area contributed by atoms with Crippen LogP contribution in [0.1, 0.15) is 12.5 Å². The van der Waals surface area contributed by atoms with Gasteiger partial charge in [0.2, 0.25) is 0 Å². The molecule has 1 aromatic carbocycles. The first-order chi connectivity index (χ1) is 10.5. The van der Waals surface area contributed by atoms with Crippen LogP contribution in [-0.4, -0.2) is 38.2 Å². The number of carbonyl (C=O) groups excluding carboxylic acids is 2. The maximum absolute atomic E-state index is 12.0. The molecule has 0 saturated heterocycles. The van der Waals surface area contributed by atoms with E-state index in [1.165, 1.54) is 17.9 Å². The number of rotatable bonds is 5. The number of esters is 1. The molecule has 1 heterocycles. The molecule has 2 rings (SSSR count). The molecule has 0 spiro atoms. The first-order valence-corrected chi connectivity index (χ1v) is 6.81. The summed E-state index contributed by atoms with van der Waals surface area (Å²) in [6.07, 6.45) is 0.323. The second-order valence-corrected chi connectivity index (χ2v) is 5.02. The summed E-state index contributed by atoms with van der Waals surface area (Å²) in [7, 11) is 0. The lowest BCUT2D eigenvalue weighted by Crippen LogP contribution is -2.31. The van der Waals surface area contributed by atoms with E-state index in [-0.39, 0.29) is 6.54 Å². The summed E-state index contributed by atoms with van der Waals surface area (Å²) in [4.78, 5) is 23.7. The third-order valence-corrected chi connectivity index (χ3v) is 3.05. The molecule has 8 nitrogen and oxygen atoms in total. The van der Waals surface area contributed by atoms with Gasteiger partial charge in [-0.25, -0.2) is 4.68 Å². The van der Waals surface area contributed by atoms with Crippen molar-refractivity contribution in [1.82, 2.24) is 20.2 Å². The standard InChI is InChI=1S/C13H14ClN5O3/c1-8-3-4-10(14)5-11(8)16-13(21)9(2)22-12(20)6-19-7-15-17-18-19/h3-5,7,9H,6H2,1-2H3,(H,16,21)/t9-/m0/s1. The smallest absolute Gasteiger partial charge is 0.328 e. The van der Waals surface area contributed by atoms with Gasteiger partial charge in [-0.2, -0.15) is 0 Å². The molecule has 0 aliphatic rings. The van der Waals surface area contributed by atoms with Gasteiger partial charge in [0, 0.05) is 10.7 Å². The van der Waals surface area contributed by atoms with Crippen LogP contribution in [-0.2, 0) is 20.9 Å². The van der Waals surface area contributed by atoms with Gasteiger partial charge in [-0.05, 0) is 42.0 Å². The average molecular weight is 324 g/mol. The Morgan fingerprint density at radius 3 is 2.91 bits per heavy atom. The Balaban J connectivity index is 1.91. The molecule has 0 radical (unpaired) electrons. The predicted molar refractivity (Wildman–Crippen MR) is 78.2 cm³/mol. The fourth-order valence-corrected chi connectivity index (χ4v) is 1.81. The van der Waals surface area contributed by atoms with Crippen molar-refractivity contribution in [2.24, 2.45) is 0 Å². The minimum absolute atomic E-state index is 0.166. The zero-order valence-electron chi connectivity index (χ0n) is 12.0. The van der Waals surface area contributed by atoms with E-state index in [0.717, 1.165) is 5.56 Å². The highest BCUT2D eigenvalue weighted by Gasteiger charge is 2.19. The van der Waals surface area contributed by atoms with Crippen LogP contribution >= 0.6 is 11.6 Å². The van der Waals surface area contributed by atoms with Crippen LogP contribution in [0.5, 0.6) is 0 Å². The number of carbonyl (C=O) groups is 2. The second kappa shape index (κ2) is 6.99. The average Bonchev–Trinajstić information content (AvgIpc) is 2.95. The predicted octanol–water partition coefficient (Wildman–Crippen LogP) is 1.21. The van der Waals surface area contributed by atoms with Gasteiger partial charge < -0.3 is 10.1 Å². The lowest BCUT2D eigenvalue weighted by Gasteiger charge is -2.14. The highest BCUT2D eigenvalue weighted by Crippen LogP contribution is 2.20. The van der Waals surface area contributed by atoms with E-state index in [1.54, 1.807) is 18.2 Å². The number of aryl methyl sites for hydroxylation is 1. The summed E-state index contributed by atoms with van der Waals surface area (Å²) in [5, 5.41) is 13.5. The lowest BCUT2D eigenvalue weighted by molar-refractivity contribution is -0.153. The van der Waals surface area contributed by atoms with E-state index >= 15 is 0 Å². The molecule has 116 valence electrons. The summed E-state index contributed by atoms with van der Waals surface area (Å²) >= 11 is 5.89. The molecule has 0 saturated carbocycles. The Hall–Kier alpha value is -2.48. The van der Waals surface area contributed by atoms with Crippen LogP contribution in [0.25, 0.3) is 0 Å². The van der Waals surface area contributed by atoms with Crippen LogP contribution < -0.4 is 5.32 Å². The first-order valence-electron chi connectivity index (χ1n) is 6.43. The largest absolute Gasteiger partial charge is 0.451 e. The number of ether oxygens (including phenoxy) is 1. The number of nitrogens with zero attached hydrogens (tertiary/aromatic N) is 4. The molecule has 0 unspecified atom stereocenters. The van der Waals surface area contributed by atoms with Gasteiger partial charge in [-0.15, -0.1) is 5.10 Å². The monoisotopic (exact) mass is 323 g/mol. The van der Waals surface area contributed by atoms with Crippen molar-refractivity contribution in [3.05, 3.63) is 35.1 Å². The fourth-order valence-electron chi connectivity index (χ4n) is 1.64. The molecule has 2 aromatic rings. The lowest BCUT2D eigenvalue weighted by atomic mass is 10.2. The van der Waals surface area contributed by atoms with Gasteiger partial charge in [0.25, 0.3) is 5.91 Å². The fraction of sp³-hybridized carbons (Fsp3) is 0.308. The molecule has 1 N–H and O–H groups in total. The van der Waals surface area contributed by atoms with Crippen LogP contribution in [0.2, 0.25) is 5.02 Å². The van der Waals surface area contributed by atoms with Crippen molar-refractivity contribution in [3.8, 4) is 0 Å². The van der Waals surface area contributed by atoms with Crippen LogP contribution in [0.3, 0.4) is 0 Å². The molecule has 22 heavy (non-hydrogen) atoms. The molecule has 1 amide bonds. The van der Waals surface area contributed by atoms with Crippen LogP contribution in [0.4, 0.5) is 5.69 Å². The Kier molecular flexibility index (Phi) is 5.05. The quantitative estimate of drug-likeness (QED) is 0.830. The van der Waals surface area contributed by atoms with E-state index < -0.39 is 18.0 Å². The minimum atomic E-state index is -0.956. The van der Waals surface area contributed by atoms with E-state index in [9.17, 15) is 9.59 Å². The van der Waals surface area contributed by atoms with Gasteiger partial charge in [0.1, 0.15) is 12.9 Å². The second-order valence-electron chi connectivity index (χ2n) is 4.59. The highest BCUT2D eigenvalue weighted by molar-refractivity contribution is 6.31. The van der Waals surface area contributed by atoms with E-state index in [2.05, 4.69) is 20.8 Å². The van der Waals surface area contributed by atoms with Crippen molar-refractivity contribution in [2.45, 2.75) is 26.5 Å². The number of hydrogen-bond donors (Lipinski definition) is 1. The number of nitrogens with one attached hydrogen (secondary N) is 1. The zero-order chi connectivity index (χ0) is 16.1.